The van der Waals surface area contributed by atoms with Crippen molar-refractivity contribution in [1.82, 2.24) is 5.32 Å². The molecule has 114 valence electrons. The molecule has 1 amide bonds. The molecule has 3 rings (SSSR count). The van der Waals surface area contributed by atoms with Crippen LogP contribution >= 0.6 is 15.9 Å². The van der Waals surface area contributed by atoms with Crippen LogP contribution in [0.15, 0.2) is 22.7 Å². The minimum absolute atomic E-state index is 0.0256. The normalized spacial score (nSPS) is 24.1. The molecule has 3 N–H and O–H groups in total. The fourth-order valence-electron chi connectivity index (χ4n) is 3.09. The van der Waals surface area contributed by atoms with E-state index >= 15 is 0 Å². The molecule has 21 heavy (non-hydrogen) atoms. The Morgan fingerprint density at radius 1 is 1.43 bits per heavy atom. The molecule has 0 aliphatic carbocycles. The van der Waals surface area contributed by atoms with Crippen LogP contribution in [0.5, 0.6) is 5.75 Å². The number of nitrogens with two attached hydrogens (primary N) is 1. The van der Waals surface area contributed by atoms with Crippen LogP contribution < -0.4 is 15.8 Å². The van der Waals surface area contributed by atoms with Gasteiger partial charge in [0.25, 0.3) is 5.91 Å². The van der Waals surface area contributed by atoms with Gasteiger partial charge in [-0.25, -0.2) is 0 Å². The Labute approximate surface area is 132 Å². The molecule has 0 saturated carbocycles. The third kappa shape index (κ3) is 3.22. The number of hydrogen-bond donors (Lipinski definition) is 2. The van der Waals surface area contributed by atoms with Crippen molar-refractivity contribution in [2.45, 2.75) is 31.0 Å². The molecule has 0 aromatic heterocycles. The van der Waals surface area contributed by atoms with E-state index < -0.39 is 5.91 Å². The number of halogens is 1. The van der Waals surface area contributed by atoms with Gasteiger partial charge < -0.3 is 20.5 Å². The molecular weight excluding hydrogens is 336 g/mol. The highest BCUT2D eigenvalue weighted by molar-refractivity contribution is 9.10. The predicted molar refractivity (Wildman–Crippen MR) is 82.5 cm³/mol. The summed E-state index contributed by atoms with van der Waals surface area (Å²) in [4.78, 5) is 11.5. The minimum Gasteiger partial charge on any atom is -0.487 e. The number of amides is 1. The second kappa shape index (κ2) is 5.94. The molecular formula is C15H19BrN2O3. The SMILES string of the molecule is NC(=O)c1cc(Br)ccc1OC1COC2(CCNCC2)C1. The molecule has 1 spiro atoms. The summed E-state index contributed by atoms with van der Waals surface area (Å²) >= 11 is 3.34. The van der Waals surface area contributed by atoms with E-state index in [1.165, 1.54) is 0 Å². The predicted octanol–water partition coefficient (Wildman–Crippen LogP) is 1.84. The van der Waals surface area contributed by atoms with Gasteiger partial charge >= 0.3 is 0 Å². The number of hydrogen-bond acceptors (Lipinski definition) is 4. The first-order valence-electron chi connectivity index (χ1n) is 7.19. The van der Waals surface area contributed by atoms with E-state index in [1.54, 1.807) is 12.1 Å². The van der Waals surface area contributed by atoms with Gasteiger partial charge in [0.2, 0.25) is 0 Å². The molecule has 1 aromatic rings. The summed E-state index contributed by atoms with van der Waals surface area (Å²) in [5.74, 6) is 0.0482. The molecule has 1 atom stereocenters. The molecule has 2 fully saturated rings. The summed E-state index contributed by atoms with van der Waals surface area (Å²) in [6.07, 6.45) is 2.86. The van der Waals surface area contributed by atoms with E-state index in [1.807, 2.05) is 6.07 Å². The van der Waals surface area contributed by atoms with Crippen molar-refractivity contribution in [2.75, 3.05) is 19.7 Å². The Kier molecular flexibility index (Phi) is 4.19. The van der Waals surface area contributed by atoms with Crippen LogP contribution in [0, 0.1) is 0 Å². The van der Waals surface area contributed by atoms with E-state index in [0.29, 0.717) is 17.9 Å². The summed E-state index contributed by atoms with van der Waals surface area (Å²) in [5.41, 5.74) is 5.76. The lowest BCUT2D eigenvalue weighted by Gasteiger charge is -2.32. The largest absolute Gasteiger partial charge is 0.487 e. The molecule has 2 saturated heterocycles. The second-order valence-corrected chi connectivity index (χ2v) is 6.61. The lowest BCUT2D eigenvalue weighted by molar-refractivity contribution is -0.0205. The first kappa shape index (κ1) is 14.8. The number of primary amides is 1. The van der Waals surface area contributed by atoms with Gasteiger partial charge in [0.15, 0.2) is 0 Å². The first-order valence-corrected chi connectivity index (χ1v) is 7.98. The Morgan fingerprint density at radius 2 is 2.19 bits per heavy atom. The highest BCUT2D eigenvalue weighted by Gasteiger charge is 2.42. The Bertz CT molecular complexity index is 544. The lowest BCUT2D eigenvalue weighted by Crippen LogP contribution is -2.41. The van der Waals surface area contributed by atoms with Crippen LogP contribution in [0.3, 0.4) is 0 Å². The molecule has 1 unspecified atom stereocenters. The summed E-state index contributed by atoms with van der Waals surface area (Å²) in [7, 11) is 0. The second-order valence-electron chi connectivity index (χ2n) is 5.69. The molecule has 0 bridgehead atoms. The van der Waals surface area contributed by atoms with Gasteiger partial charge in [-0.15, -0.1) is 0 Å². The Morgan fingerprint density at radius 3 is 2.90 bits per heavy atom. The van der Waals surface area contributed by atoms with Crippen molar-refractivity contribution in [3.8, 4) is 5.75 Å². The number of carbonyl (C=O) groups is 1. The molecule has 0 radical (unpaired) electrons. The number of benzene rings is 1. The quantitative estimate of drug-likeness (QED) is 0.868. The number of rotatable bonds is 3. The lowest BCUT2D eigenvalue weighted by atomic mass is 9.89. The number of carbonyl (C=O) groups excluding carboxylic acids is 1. The third-order valence-corrected chi connectivity index (χ3v) is 4.68. The van der Waals surface area contributed by atoms with Crippen molar-refractivity contribution >= 4 is 21.8 Å². The van der Waals surface area contributed by atoms with E-state index in [4.69, 9.17) is 15.2 Å². The summed E-state index contributed by atoms with van der Waals surface area (Å²) in [5, 5.41) is 3.34. The molecule has 6 heteroatoms. The molecule has 1 aromatic carbocycles. The summed E-state index contributed by atoms with van der Waals surface area (Å²) in [6.45, 7) is 2.53. The summed E-state index contributed by atoms with van der Waals surface area (Å²) < 4.78 is 12.8. The number of piperidine rings is 1. The fourth-order valence-corrected chi connectivity index (χ4v) is 3.45. The zero-order valence-electron chi connectivity index (χ0n) is 11.7. The Hall–Kier alpha value is -1.11. The maximum Gasteiger partial charge on any atom is 0.252 e. The van der Waals surface area contributed by atoms with E-state index in [2.05, 4.69) is 21.2 Å². The average Bonchev–Trinajstić information content (AvgIpc) is 2.84. The maximum atomic E-state index is 11.5. The van der Waals surface area contributed by atoms with Crippen molar-refractivity contribution in [1.29, 1.82) is 0 Å². The van der Waals surface area contributed by atoms with Crippen molar-refractivity contribution < 1.29 is 14.3 Å². The first-order chi connectivity index (χ1) is 10.1. The van der Waals surface area contributed by atoms with Crippen LogP contribution in [0.25, 0.3) is 0 Å². The smallest absolute Gasteiger partial charge is 0.252 e. The maximum absolute atomic E-state index is 11.5. The van der Waals surface area contributed by atoms with Gasteiger partial charge in [0.1, 0.15) is 11.9 Å². The van der Waals surface area contributed by atoms with Crippen LogP contribution in [-0.2, 0) is 4.74 Å². The van der Waals surface area contributed by atoms with Crippen molar-refractivity contribution in [3.05, 3.63) is 28.2 Å². The number of ether oxygens (including phenoxy) is 2. The highest BCUT2D eigenvalue weighted by atomic mass is 79.9. The van der Waals surface area contributed by atoms with Crippen LogP contribution in [-0.4, -0.2) is 37.3 Å². The zero-order valence-corrected chi connectivity index (χ0v) is 13.3. The fraction of sp³-hybridized carbons (Fsp3) is 0.533. The molecule has 2 aliphatic rings. The van der Waals surface area contributed by atoms with Crippen molar-refractivity contribution in [2.24, 2.45) is 5.73 Å². The Balaban J connectivity index is 1.72. The van der Waals surface area contributed by atoms with Crippen LogP contribution in [0.4, 0.5) is 0 Å². The topological polar surface area (TPSA) is 73.6 Å². The third-order valence-electron chi connectivity index (χ3n) is 4.19. The van der Waals surface area contributed by atoms with Gasteiger partial charge in [-0.2, -0.15) is 0 Å². The van der Waals surface area contributed by atoms with Gasteiger partial charge in [-0.05, 0) is 44.1 Å². The molecule has 2 aliphatic heterocycles. The van der Waals surface area contributed by atoms with E-state index in [-0.39, 0.29) is 11.7 Å². The number of nitrogens with one attached hydrogen (secondary N) is 1. The minimum atomic E-state index is -0.484. The van der Waals surface area contributed by atoms with E-state index in [9.17, 15) is 4.79 Å². The van der Waals surface area contributed by atoms with Crippen molar-refractivity contribution in [3.63, 3.8) is 0 Å². The molecule has 2 heterocycles. The summed E-state index contributed by atoms with van der Waals surface area (Å²) in [6, 6.07) is 5.31. The van der Waals surface area contributed by atoms with Gasteiger partial charge in [-0.1, -0.05) is 15.9 Å². The standard InChI is InChI=1S/C15H19BrN2O3/c16-10-1-2-13(12(7-10)14(17)19)21-11-8-15(20-9-11)3-5-18-6-4-15/h1-2,7,11,18H,3-6,8-9H2,(H2,17,19). The van der Waals surface area contributed by atoms with Crippen LogP contribution in [0.1, 0.15) is 29.6 Å². The molecule has 5 nitrogen and oxygen atoms in total. The zero-order chi connectivity index (χ0) is 14.9. The van der Waals surface area contributed by atoms with Crippen LogP contribution in [0.2, 0.25) is 0 Å². The van der Waals surface area contributed by atoms with Gasteiger partial charge in [0, 0.05) is 10.9 Å². The highest BCUT2D eigenvalue weighted by Crippen LogP contribution is 2.36. The van der Waals surface area contributed by atoms with Gasteiger partial charge in [-0.3, -0.25) is 4.79 Å². The monoisotopic (exact) mass is 354 g/mol. The van der Waals surface area contributed by atoms with Gasteiger partial charge in [0.05, 0.1) is 17.8 Å². The van der Waals surface area contributed by atoms with E-state index in [0.717, 1.165) is 36.8 Å². The average molecular weight is 355 g/mol.